The summed E-state index contributed by atoms with van der Waals surface area (Å²) in [7, 11) is 0. The number of nitrogens with zero attached hydrogens (tertiary/aromatic N) is 1. The Labute approximate surface area is 163 Å². The van der Waals surface area contributed by atoms with Gasteiger partial charge in [0.2, 0.25) is 0 Å². The summed E-state index contributed by atoms with van der Waals surface area (Å²) in [5.74, 6) is 1.00. The third-order valence-corrected chi connectivity index (χ3v) is 5.50. The molecule has 1 aromatic carbocycles. The molecule has 1 unspecified atom stereocenters. The van der Waals surface area contributed by atoms with Crippen molar-refractivity contribution in [1.29, 1.82) is 0 Å². The average Bonchev–Trinajstić information content (AvgIpc) is 3.32. The Hall–Kier alpha value is -2.24. The van der Waals surface area contributed by atoms with Crippen LogP contribution in [-0.4, -0.2) is 30.4 Å². The fraction of sp³-hybridized carbons (Fsp3) is 0.381. The molecule has 1 aliphatic heterocycles. The molecule has 0 spiro atoms. The second kappa shape index (κ2) is 7.79. The van der Waals surface area contributed by atoms with E-state index in [0.29, 0.717) is 22.9 Å². The molecule has 2 aromatic heterocycles. The van der Waals surface area contributed by atoms with Crippen LogP contribution < -0.4 is 5.32 Å². The summed E-state index contributed by atoms with van der Waals surface area (Å²) in [4.78, 5) is 15.2. The summed E-state index contributed by atoms with van der Waals surface area (Å²) in [6.45, 7) is 4.39. The van der Waals surface area contributed by atoms with Crippen molar-refractivity contribution in [1.82, 2.24) is 10.2 Å². The molecule has 4 rings (SSSR count). The van der Waals surface area contributed by atoms with Gasteiger partial charge in [-0.3, -0.25) is 9.69 Å². The zero-order chi connectivity index (χ0) is 18.8. The minimum absolute atomic E-state index is 0.0309. The maximum Gasteiger partial charge on any atom is 0.287 e. The van der Waals surface area contributed by atoms with Crippen LogP contribution in [0.25, 0.3) is 11.0 Å². The van der Waals surface area contributed by atoms with Gasteiger partial charge in [-0.2, -0.15) is 0 Å². The number of rotatable bonds is 5. The number of hydrogen-bond donors (Lipinski definition) is 1. The third kappa shape index (κ3) is 3.75. The van der Waals surface area contributed by atoms with Crippen molar-refractivity contribution in [3.05, 3.63) is 58.7 Å². The van der Waals surface area contributed by atoms with Gasteiger partial charge in [-0.15, -0.1) is 0 Å². The van der Waals surface area contributed by atoms with E-state index in [0.717, 1.165) is 29.8 Å². The van der Waals surface area contributed by atoms with E-state index in [1.807, 2.05) is 25.1 Å². The molecule has 142 valence electrons. The number of carbonyl (C=O) groups excluding carboxylic acids is 1. The lowest BCUT2D eigenvalue weighted by molar-refractivity contribution is 0.0888. The largest absolute Gasteiger partial charge is 0.468 e. The minimum Gasteiger partial charge on any atom is -0.468 e. The predicted molar refractivity (Wildman–Crippen MR) is 105 cm³/mol. The summed E-state index contributed by atoms with van der Waals surface area (Å²) in [6, 6.07) is 9.27. The smallest absolute Gasteiger partial charge is 0.287 e. The summed E-state index contributed by atoms with van der Waals surface area (Å²) < 4.78 is 11.4. The Kier molecular flexibility index (Phi) is 5.23. The van der Waals surface area contributed by atoms with Gasteiger partial charge in [-0.05, 0) is 63.2 Å². The molecule has 27 heavy (non-hydrogen) atoms. The highest BCUT2D eigenvalue weighted by Crippen LogP contribution is 2.28. The van der Waals surface area contributed by atoms with Crippen LogP contribution in [0, 0.1) is 6.92 Å². The standard InChI is InChI=1S/C21H23ClN2O3/c1-14-16-12-15(22)7-8-18(16)27-20(14)21(25)23-13-17(19-6-5-11-26-19)24-9-3-2-4-10-24/h5-8,11-12,17H,2-4,9-10,13H2,1H3,(H,23,25). The lowest BCUT2D eigenvalue weighted by Gasteiger charge is -2.33. The topological polar surface area (TPSA) is 58.6 Å². The van der Waals surface area contributed by atoms with Crippen molar-refractivity contribution in [2.45, 2.75) is 32.2 Å². The summed E-state index contributed by atoms with van der Waals surface area (Å²) in [6.07, 6.45) is 5.29. The van der Waals surface area contributed by atoms with Crippen molar-refractivity contribution in [2.75, 3.05) is 19.6 Å². The van der Waals surface area contributed by atoms with E-state index in [1.165, 1.54) is 19.3 Å². The maximum absolute atomic E-state index is 12.8. The molecule has 1 fully saturated rings. The highest BCUT2D eigenvalue weighted by molar-refractivity contribution is 6.31. The Bertz CT molecular complexity index is 926. The predicted octanol–water partition coefficient (Wildman–Crippen LogP) is 4.94. The van der Waals surface area contributed by atoms with Crippen LogP contribution in [-0.2, 0) is 0 Å². The van der Waals surface area contributed by atoms with E-state index in [4.69, 9.17) is 20.4 Å². The van der Waals surface area contributed by atoms with E-state index in [9.17, 15) is 4.79 Å². The number of piperidine rings is 1. The SMILES string of the molecule is Cc1c(C(=O)NCC(c2ccco2)N2CCCCC2)oc2ccc(Cl)cc12. The van der Waals surface area contributed by atoms with E-state index in [-0.39, 0.29) is 11.9 Å². The van der Waals surface area contributed by atoms with Gasteiger partial charge in [-0.25, -0.2) is 0 Å². The minimum atomic E-state index is -0.214. The molecule has 1 atom stereocenters. The monoisotopic (exact) mass is 386 g/mol. The molecular weight excluding hydrogens is 364 g/mol. The van der Waals surface area contributed by atoms with E-state index in [2.05, 4.69) is 10.2 Å². The number of halogens is 1. The van der Waals surface area contributed by atoms with Crippen LogP contribution in [0.4, 0.5) is 0 Å². The third-order valence-electron chi connectivity index (χ3n) is 5.26. The Morgan fingerprint density at radius 3 is 2.81 bits per heavy atom. The molecule has 6 heteroatoms. The number of likely N-dealkylation sites (tertiary alicyclic amines) is 1. The molecule has 0 aliphatic carbocycles. The highest BCUT2D eigenvalue weighted by atomic mass is 35.5. The normalized spacial score (nSPS) is 16.5. The van der Waals surface area contributed by atoms with Crippen LogP contribution in [0.5, 0.6) is 0 Å². The number of aryl methyl sites for hydroxylation is 1. The molecule has 1 aliphatic rings. The van der Waals surface area contributed by atoms with E-state index >= 15 is 0 Å². The van der Waals surface area contributed by atoms with Crippen LogP contribution in [0.1, 0.15) is 47.2 Å². The van der Waals surface area contributed by atoms with Crippen molar-refractivity contribution in [2.24, 2.45) is 0 Å². The quantitative estimate of drug-likeness (QED) is 0.674. The molecular formula is C21H23ClN2O3. The van der Waals surface area contributed by atoms with Gasteiger partial charge in [0.25, 0.3) is 5.91 Å². The highest BCUT2D eigenvalue weighted by Gasteiger charge is 2.26. The lowest BCUT2D eigenvalue weighted by atomic mass is 10.1. The number of amides is 1. The second-order valence-electron chi connectivity index (χ2n) is 7.03. The first-order valence-corrected chi connectivity index (χ1v) is 9.75. The van der Waals surface area contributed by atoms with E-state index < -0.39 is 0 Å². The second-order valence-corrected chi connectivity index (χ2v) is 7.47. The molecule has 3 heterocycles. The van der Waals surface area contributed by atoms with Gasteiger partial charge in [0.1, 0.15) is 11.3 Å². The fourth-order valence-corrected chi connectivity index (χ4v) is 3.97. The van der Waals surface area contributed by atoms with Crippen LogP contribution in [0.3, 0.4) is 0 Å². The number of benzene rings is 1. The molecule has 1 saturated heterocycles. The zero-order valence-electron chi connectivity index (χ0n) is 15.3. The molecule has 0 bridgehead atoms. The first-order valence-electron chi connectivity index (χ1n) is 9.38. The van der Waals surface area contributed by atoms with Crippen molar-refractivity contribution in [3.63, 3.8) is 0 Å². The van der Waals surface area contributed by atoms with Crippen molar-refractivity contribution >= 4 is 28.5 Å². The Morgan fingerprint density at radius 1 is 1.26 bits per heavy atom. The summed E-state index contributed by atoms with van der Waals surface area (Å²) in [5.41, 5.74) is 1.47. The Morgan fingerprint density at radius 2 is 2.07 bits per heavy atom. The number of fused-ring (bicyclic) bond motifs is 1. The lowest BCUT2D eigenvalue weighted by Crippen LogP contribution is -2.40. The van der Waals surface area contributed by atoms with Gasteiger partial charge in [-0.1, -0.05) is 18.0 Å². The maximum atomic E-state index is 12.8. The summed E-state index contributed by atoms with van der Waals surface area (Å²) >= 11 is 6.07. The average molecular weight is 387 g/mol. The van der Waals surface area contributed by atoms with Gasteiger partial charge in [0, 0.05) is 22.5 Å². The van der Waals surface area contributed by atoms with Crippen LogP contribution >= 0.6 is 11.6 Å². The fourth-order valence-electron chi connectivity index (χ4n) is 3.80. The van der Waals surface area contributed by atoms with Crippen molar-refractivity contribution < 1.29 is 13.6 Å². The van der Waals surface area contributed by atoms with E-state index in [1.54, 1.807) is 18.4 Å². The molecule has 0 radical (unpaired) electrons. The molecule has 1 amide bonds. The van der Waals surface area contributed by atoms with Gasteiger partial charge >= 0.3 is 0 Å². The summed E-state index contributed by atoms with van der Waals surface area (Å²) in [5, 5.41) is 4.53. The molecule has 1 N–H and O–H groups in total. The Balaban J connectivity index is 1.52. The number of furan rings is 2. The zero-order valence-corrected chi connectivity index (χ0v) is 16.1. The van der Waals surface area contributed by atoms with Crippen LogP contribution in [0.15, 0.2) is 45.4 Å². The molecule has 5 nitrogen and oxygen atoms in total. The molecule has 0 saturated carbocycles. The number of carbonyl (C=O) groups is 1. The number of hydrogen-bond acceptors (Lipinski definition) is 4. The van der Waals surface area contributed by atoms with Gasteiger partial charge < -0.3 is 14.2 Å². The first-order chi connectivity index (χ1) is 13.1. The van der Waals surface area contributed by atoms with Gasteiger partial charge in [0.15, 0.2) is 5.76 Å². The number of nitrogens with one attached hydrogen (secondary N) is 1. The van der Waals surface area contributed by atoms with Gasteiger partial charge in [0.05, 0.1) is 12.3 Å². The first kappa shape index (κ1) is 18.1. The van der Waals surface area contributed by atoms with Crippen molar-refractivity contribution in [3.8, 4) is 0 Å². The molecule has 3 aromatic rings. The van der Waals surface area contributed by atoms with Crippen LogP contribution in [0.2, 0.25) is 5.02 Å².